The van der Waals surface area contributed by atoms with Crippen LogP contribution in [0.15, 0.2) is 42.5 Å². The first-order valence-electron chi connectivity index (χ1n) is 7.64. The molecule has 148 valence electrons. The fourth-order valence-corrected chi connectivity index (χ4v) is 2.27. The Bertz CT molecular complexity index is 905. The van der Waals surface area contributed by atoms with Gasteiger partial charge in [-0.25, -0.2) is 4.79 Å². The number of amides is 1. The Kier molecular flexibility index (Phi) is 5.25. The van der Waals surface area contributed by atoms with Crippen LogP contribution in [0.1, 0.15) is 10.4 Å². The summed E-state index contributed by atoms with van der Waals surface area (Å²) in [5.74, 6) is -2.74. The molecule has 0 aliphatic carbocycles. The molecule has 7 nitrogen and oxygen atoms in total. The van der Waals surface area contributed by atoms with E-state index in [1.165, 1.54) is 24.3 Å². The molecule has 0 saturated carbocycles. The van der Waals surface area contributed by atoms with Crippen molar-refractivity contribution in [3.05, 3.63) is 48.0 Å². The molecule has 1 N–H and O–H groups in total. The molecule has 2 aromatic carbocycles. The number of halogens is 4. The van der Waals surface area contributed by atoms with E-state index in [1.54, 1.807) is 0 Å². The maximum absolute atomic E-state index is 13.0. The monoisotopic (exact) mass is 401 g/mol. The van der Waals surface area contributed by atoms with Crippen molar-refractivity contribution in [3.8, 4) is 17.2 Å². The lowest BCUT2D eigenvalue weighted by atomic mass is 10.2. The van der Waals surface area contributed by atoms with Crippen LogP contribution in [-0.4, -0.2) is 31.4 Å². The number of rotatable bonds is 6. The predicted molar refractivity (Wildman–Crippen MR) is 84.6 cm³/mol. The third-order valence-corrected chi connectivity index (χ3v) is 3.34. The molecule has 0 aromatic heterocycles. The minimum atomic E-state index is -3.80. The average molecular weight is 401 g/mol. The first kappa shape index (κ1) is 19.3. The normalized spacial score (nSPS) is 13.9. The first-order chi connectivity index (χ1) is 13.2. The Balaban J connectivity index is 1.58. The zero-order valence-corrected chi connectivity index (χ0v) is 13.8. The Hall–Kier alpha value is -3.50. The highest BCUT2D eigenvalue weighted by molar-refractivity contribution is 5.96. The lowest BCUT2D eigenvalue weighted by molar-refractivity contribution is -0.286. The van der Waals surface area contributed by atoms with Crippen molar-refractivity contribution in [2.75, 3.05) is 11.9 Å². The molecule has 1 aliphatic rings. The molecular weight excluding hydrogens is 390 g/mol. The van der Waals surface area contributed by atoms with Crippen LogP contribution in [0.2, 0.25) is 0 Å². The number of carbonyl (C=O) groups excluding carboxylic acids is 2. The van der Waals surface area contributed by atoms with Gasteiger partial charge in [0.05, 0.1) is 0 Å². The predicted octanol–water partition coefficient (Wildman–Crippen LogP) is 3.41. The van der Waals surface area contributed by atoms with Gasteiger partial charge < -0.3 is 24.3 Å². The van der Waals surface area contributed by atoms with E-state index < -0.39 is 37.1 Å². The van der Waals surface area contributed by atoms with Gasteiger partial charge in [-0.2, -0.15) is 8.78 Å². The number of nitrogens with one attached hydrogen (secondary N) is 1. The summed E-state index contributed by atoms with van der Waals surface area (Å²) in [6.45, 7) is -3.90. The number of anilines is 1. The number of esters is 1. The van der Waals surface area contributed by atoms with Gasteiger partial charge in [0, 0.05) is 11.8 Å². The fraction of sp³-hybridized carbons (Fsp3) is 0.176. The Morgan fingerprint density at radius 3 is 2.54 bits per heavy atom. The number of ether oxygens (including phenoxy) is 4. The molecule has 11 heteroatoms. The molecule has 0 atom stereocenters. The van der Waals surface area contributed by atoms with E-state index >= 15 is 0 Å². The summed E-state index contributed by atoms with van der Waals surface area (Å²) in [7, 11) is 0. The lowest BCUT2D eigenvalue weighted by Gasteiger charge is -2.10. The standard InChI is InChI=1S/C17H11F4NO6/c18-16(19)26-11-4-2-1-3-10(11)15(24)25-8-14(23)22-9-5-6-12-13(7-9)28-17(20,21)27-12/h1-7,16H,8H2,(H,22,23). The second-order valence-electron chi connectivity index (χ2n) is 5.33. The molecule has 3 rings (SSSR count). The van der Waals surface area contributed by atoms with Crippen molar-refractivity contribution in [2.45, 2.75) is 12.9 Å². The van der Waals surface area contributed by atoms with Crippen molar-refractivity contribution < 1.29 is 46.1 Å². The molecule has 0 bridgehead atoms. The van der Waals surface area contributed by atoms with Crippen molar-refractivity contribution >= 4 is 17.6 Å². The third-order valence-electron chi connectivity index (χ3n) is 3.34. The van der Waals surface area contributed by atoms with Crippen molar-refractivity contribution in [1.29, 1.82) is 0 Å². The summed E-state index contributed by atoms with van der Waals surface area (Å²) in [6, 6.07) is 8.65. The molecule has 1 aliphatic heterocycles. The van der Waals surface area contributed by atoms with Crippen LogP contribution in [0.4, 0.5) is 23.2 Å². The second-order valence-corrected chi connectivity index (χ2v) is 5.33. The van der Waals surface area contributed by atoms with E-state index in [4.69, 9.17) is 4.74 Å². The van der Waals surface area contributed by atoms with E-state index in [2.05, 4.69) is 19.5 Å². The molecule has 1 amide bonds. The quantitative estimate of drug-likeness (QED) is 0.590. The molecule has 28 heavy (non-hydrogen) atoms. The summed E-state index contributed by atoms with van der Waals surface area (Å²) >= 11 is 0. The molecule has 0 radical (unpaired) electrons. The SMILES string of the molecule is O=C(COC(=O)c1ccccc1OC(F)F)Nc1ccc2c(c1)OC(F)(F)O2. The number of hydrogen-bond acceptors (Lipinski definition) is 6. The summed E-state index contributed by atoms with van der Waals surface area (Å²) in [5.41, 5.74) is -0.205. The summed E-state index contributed by atoms with van der Waals surface area (Å²) < 4.78 is 68.1. The topological polar surface area (TPSA) is 83.1 Å². The smallest absolute Gasteiger partial charge is 0.452 e. The van der Waals surface area contributed by atoms with Gasteiger partial charge in [0.1, 0.15) is 11.3 Å². The highest BCUT2D eigenvalue weighted by Gasteiger charge is 2.43. The molecule has 0 unspecified atom stereocenters. The second kappa shape index (κ2) is 7.62. The number of alkyl halides is 4. The molecule has 0 spiro atoms. The summed E-state index contributed by atoms with van der Waals surface area (Å²) in [4.78, 5) is 23.9. The van der Waals surface area contributed by atoms with E-state index in [9.17, 15) is 27.2 Å². The van der Waals surface area contributed by atoms with Crippen LogP contribution in [0.3, 0.4) is 0 Å². The number of para-hydroxylation sites is 1. The van der Waals surface area contributed by atoms with Crippen molar-refractivity contribution in [2.24, 2.45) is 0 Å². The largest absolute Gasteiger partial charge is 0.586 e. The molecule has 0 saturated heterocycles. The van der Waals surface area contributed by atoms with Crippen molar-refractivity contribution in [3.63, 3.8) is 0 Å². The fourth-order valence-electron chi connectivity index (χ4n) is 2.27. The minimum absolute atomic E-state index is 0.0857. The number of fused-ring (bicyclic) bond motifs is 1. The first-order valence-corrected chi connectivity index (χ1v) is 7.64. The third kappa shape index (κ3) is 4.61. The van der Waals surface area contributed by atoms with E-state index in [1.807, 2.05) is 0 Å². The average Bonchev–Trinajstić information content (AvgIpc) is 2.92. The van der Waals surface area contributed by atoms with Gasteiger partial charge in [-0.05, 0) is 24.3 Å². The van der Waals surface area contributed by atoms with E-state index in [0.29, 0.717) is 0 Å². The maximum atomic E-state index is 13.0. The van der Waals surface area contributed by atoms with Crippen LogP contribution >= 0.6 is 0 Å². The Morgan fingerprint density at radius 1 is 1.07 bits per heavy atom. The van der Waals surface area contributed by atoms with Gasteiger partial charge in [-0.3, -0.25) is 4.79 Å². The summed E-state index contributed by atoms with van der Waals surface area (Å²) in [5, 5.41) is 2.30. The van der Waals surface area contributed by atoms with Gasteiger partial charge in [-0.1, -0.05) is 12.1 Å². The highest BCUT2D eigenvalue weighted by atomic mass is 19.3. The van der Waals surface area contributed by atoms with E-state index in [0.717, 1.165) is 18.2 Å². The van der Waals surface area contributed by atoms with Gasteiger partial charge in [0.2, 0.25) is 0 Å². The zero-order chi connectivity index (χ0) is 20.3. The number of benzene rings is 2. The number of hydrogen-bond donors (Lipinski definition) is 1. The van der Waals surface area contributed by atoms with Gasteiger partial charge in [-0.15, -0.1) is 8.78 Å². The lowest BCUT2D eigenvalue weighted by Crippen LogP contribution is -2.25. The van der Waals surface area contributed by atoms with Gasteiger partial charge >= 0.3 is 18.9 Å². The maximum Gasteiger partial charge on any atom is 0.586 e. The van der Waals surface area contributed by atoms with Gasteiger partial charge in [0.25, 0.3) is 5.91 Å². The molecule has 0 fully saturated rings. The van der Waals surface area contributed by atoms with E-state index in [-0.39, 0.29) is 22.7 Å². The van der Waals surface area contributed by atoms with Crippen LogP contribution in [0.5, 0.6) is 17.2 Å². The Morgan fingerprint density at radius 2 is 1.79 bits per heavy atom. The molecule has 2 aromatic rings. The zero-order valence-electron chi connectivity index (χ0n) is 13.8. The molecule has 1 heterocycles. The Labute approximate surface area is 154 Å². The van der Waals surface area contributed by atoms with Crippen LogP contribution in [-0.2, 0) is 9.53 Å². The van der Waals surface area contributed by atoms with Crippen molar-refractivity contribution in [1.82, 2.24) is 0 Å². The van der Waals surface area contributed by atoms with Gasteiger partial charge in [0.15, 0.2) is 18.1 Å². The highest BCUT2D eigenvalue weighted by Crippen LogP contribution is 2.42. The minimum Gasteiger partial charge on any atom is -0.452 e. The van der Waals surface area contributed by atoms with Crippen LogP contribution in [0, 0.1) is 0 Å². The van der Waals surface area contributed by atoms with Crippen LogP contribution in [0.25, 0.3) is 0 Å². The molecular formula is C17H11F4NO6. The number of carbonyl (C=O) groups is 2. The summed E-state index contributed by atoms with van der Waals surface area (Å²) in [6.07, 6.45) is -3.80. The van der Waals surface area contributed by atoms with Crippen LogP contribution < -0.4 is 19.5 Å².